The van der Waals surface area contributed by atoms with Gasteiger partial charge in [-0.1, -0.05) is 31.5 Å². The SMILES string of the molecule is CCN(CC)Cc1ccc(C(=O)NNC(=O)Cc2c(C)nn(-c3ccc(C)c(Cl)c3)c2C)o1. The summed E-state index contributed by atoms with van der Waals surface area (Å²) in [5.41, 5.74) is 9.03. The Morgan fingerprint density at radius 3 is 2.48 bits per heavy atom. The lowest BCUT2D eigenvalue weighted by Crippen LogP contribution is -2.42. The molecule has 3 aromatic rings. The first-order chi connectivity index (χ1) is 15.7. The molecule has 0 aliphatic heterocycles. The first-order valence-corrected chi connectivity index (χ1v) is 11.3. The number of hydrazine groups is 1. The molecule has 0 aliphatic carbocycles. The molecule has 3 rings (SSSR count). The molecule has 2 N–H and O–H groups in total. The zero-order chi connectivity index (χ0) is 24.1. The molecule has 0 radical (unpaired) electrons. The van der Waals surface area contributed by atoms with Crippen LogP contribution in [0.5, 0.6) is 0 Å². The number of furan rings is 1. The maximum atomic E-state index is 12.5. The van der Waals surface area contributed by atoms with Crippen molar-refractivity contribution < 1.29 is 14.0 Å². The summed E-state index contributed by atoms with van der Waals surface area (Å²) in [6.45, 7) is 12.2. The molecule has 176 valence electrons. The Hall–Kier alpha value is -3.10. The Kier molecular flexibility index (Phi) is 7.94. The van der Waals surface area contributed by atoms with E-state index in [-0.39, 0.29) is 18.1 Å². The maximum Gasteiger partial charge on any atom is 0.305 e. The second-order valence-electron chi connectivity index (χ2n) is 7.90. The van der Waals surface area contributed by atoms with E-state index >= 15 is 0 Å². The third-order valence-electron chi connectivity index (χ3n) is 5.65. The van der Waals surface area contributed by atoms with Crippen molar-refractivity contribution in [3.8, 4) is 5.69 Å². The predicted molar refractivity (Wildman–Crippen MR) is 127 cm³/mol. The van der Waals surface area contributed by atoms with Crippen molar-refractivity contribution in [1.29, 1.82) is 0 Å². The van der Waals surface area contributed by atoms with Crippen molar-refractivity contribution in [3.05, 3.63) is 69.4 Å². The van der Waals surface area contributed by atoms with E-state index in [2.05, 4.69) is 34.7 Å². The molecule has 2 aromatic heterocycles. The van der Waals surface area contributed by atoms with Crippen LogP contribution in [-0.4, -0.2) is 39.6 Å². The van der Waals surface area contributed by atoms with Crippen LogP contribution in [0.1, 0.15) is 52.7 Å². The highest BCUT2D eigenvalue weighted by molar-refractivity contribution is 6.31. The van der Waals surface area contributed by atoms with Crippen LogP contribution in [0.4, 0.5) is 0 Å². The van der Waals surface area contributed by atoms with Gasteiger partial charge in [0.25, 0.3) is 0 Å². The Morgan fingerprint density at radius 2 is 1.82 bits per heavy atom. The van der Waals surface area contributed by atoms with Gasteiger partial charge in [0.05, 0.1) is 24.3 Å². The summed E-state index contributed by atoms with van der Waals surface area (Å²) in [5, 5.41) is 5.21. The Balaban J connectivity index is 1.61. The van der Waals surface area contributed by atoms with E-state index < -0.39 is 5.91 Å². The predicted octanol–water partition coefficient (Wildman–Crippen LogP) is 3.89. The zero-order valence-electron chi connectivity index (χ0n) is 19.7. The van der Waals surface area contributed by atoms with Crippen LogP contribution in [0.2, 0.25) is 5.02 Å². The minimum atomic E-state index is -0.507. The van der Waals surface area contributed by atoms with Gasteiger partial charge in [0.15, 0.2) is 5.76 Å². The summed E-state index contributed by atoms with van der Waals surface area (Å²) in [6.07, 6.45) is 0.0723. The standard InChI is InChI=1S/C24H30ClN5O3/c1-6-29(7-2)14-19-10-11-22(33-19)24(32)27-26-23(31)13-20-16(4)28-30(17(20)5)18-9-8-15(3)21(25)12-18/h8-12H,6-7,13-14H2,1-5H3,(H,26,31)(H,27,32). The third-order valence-corrected chi connectivity index (χ3v) is 6.06. The number of hydrogen-bond donors (Lipinski definition) is 2. The van der Waals surface area contributed by atoms with Gasteiger partial charge in [0.2, 0.25) is 5.91 Å². The highest BCUT2D eigenvalue weighted by atomic mass is 35.5. The highest BCUT2D eigenvalue weighted by Crippen LogP contribution is 2.23. The fraction of sp³-hybridized carbons (Fsp3) is 0.375. The highest BCUT2D eigenvalue weighted by Gasteiger charge is 2.18. The van der Waals surface area contributed by atoms with E-state index in [4.69, 9.17) is 16.0 Å². The summed E-state index contributed by atoms with van der Waals surface area (Å²) >= 11 is 6.25. The number of carbonyl (C=O) groups is 2. The van der Waals surface area contributed by atoms with Crippen LogP contribution < -0.4 is 10.9 Å². The molecule has 0 fully saturated rings. The molecule has 0 aliphatic rings. The van der Waals surface area contributed by atoms with Gasteiger partial charge in [-0.3, -0.25) is 25.3 Å². The van der Waals surface area contributed by atoms with E-state index in [1.165, 1.54) is 0 Å². The number of aromatic nitrogens is 2. The monoisotopic (exact) mass is 471 g/mol. The van der Waals surface area contributed by atoms with Crippen LogP contribution in [0, 0.1) is 20.8 Å². The van der Waals surface area contributed by atoms with Gasteiger partial charge < -0.3 is 4.42 Å². The van der Waals surface area contributed by atoms with E-state index in [0.29, 0.717) is 17.3 Å². The average Bonchev–Trinajstić information content (AvgIpc) is 3.37. The van der Waals surface area contributed by atoms with Crippen molar-refractivity contribution in [1.82, 2.24) is 25.5 Å². The number of nitrogens with one attached hydrogen (secondary N) is 2. The summed E-state index contributed by atoms with van der Waals surface area (Å²) in [6, 6.07) is 9.08. The fourth-order valence-electron chi connectivity index (χ4n) is 3.54. The molecule has 2 amide bonds. The Bertz CT molecular complexity index is 1150. The van der Waals surface area contributed by atoms with E-state index in [1.807, 2.05) is 39.0 Å². The molecular formula is C24H30ClN5O3. The molecule has 33 heavy (non-hydrogen) atoms. The smallest absolute Gasteiger partial charge is 0.305 e. The van der Waals surface area contributed by atoms with Gasteiger partial charge in [0.1, 0.15) is 5.76 Å². The minimum Gasteiger partial charge on any atom is -0.454 e. The summed E-state index contributed by atoms with van der Waals surface area (Å²) in [5.74, 6) is -0.0162. The van der Waals surface area contributed by atoms with Gasteiger partial charge in [-0.05, 0) is 63.7 Å². The van der Waals surface area contributed by atoms with E-state index in [0.717, 1.165) is 41.3 Å². The summed E-state index contributed by atoms with van der Waals surface area (Å²) < 4.78 is 7.38. The molecule has 0 atom stereocenters. The molecule has 0 saturated carbocycles. The average molecular weight is 472 g/mol. The van der Waals surface area contributed by atoms with Crippen molar-refractivity contribution in [2.45, 2.75) is 47.6 Å². The van der Waals surface area contributed by atoms with Crippen molar-refractivity contribution in [3.63, 3.8) is 0 Å². The van der Waals surface area contributed by atoms with Crippen LogP contribution in [0.25, 0.3) is 5.69 Å². The van der Waals surface area contributed by atoms with E-state index in [1.54, 1.807) is 16.8 Å². The van der Waals surface area contributed by atoms with Crippen LogP contribution in [-0.2, 0) is 17.8 Å². The largest absolute Gasteiger partial charge is 0.454 e. The lowest BCUT2D eigenvalue weighted by molar-refractivity contribution is -0.121. The number of amides is 2. The maximum absolute atomic E-state index is 12.5. The topological polar surface area (TPSA) is 92.4 Å². The molecule has 0 spiro atoms. The minimum absolute atomic E-state index is 0.0723. The van der Waals surface area contributed by atoms with Crippen molar-refractivity contribution in [2.24, 2.45) is 0 Å². The Labute approximate surface area is 198 Å². The summed E-state index contributed by atoms with van der Waals surface area (Å²) in [7, 11) is 0. The van der Waals surface area contributed by atoms with Gasteiger partial charge in [-0.15, -0.1) is 0 Å². The number of benzene rings is 1. The number of halogens is 1. The van der Waals surface area contributed by atoms with E-state index in [9.17, 15) is 9.59 Å². The fourth-order valence-corrected chi connectivity index (χ4v) is 3.72. The molecule has 2 heterocycles. The third kappa shape index (κ3) is 5.83. The second kappa shape index (κ2) is 10.7. The first-order valence-electron chi connectivity index (χ1n) is 10.9. The number of nitrogens with zero attached hydrogens (tertiary/aromatic N) is 3. The van der Waals surface area contributed by atoms with Gasteiger partial charge in [-0.2, -0.15) is 5.10 Å². The molecule has 0 saturated heterocycles. The molecule has 0 bridgehead atoms. The normalized spacial score (nSPS) is 11.1. The number of aryl methyl sites for hydroxylation is 2. The number of hydrogen-bond acceptors (Lipinski definition) is 5. The first kappa shape index (κ1) is 24.5. The zero-order valence-corrected chi connectivity index (χ0v) is 20.4. The van der Waals surface area contributed by atoms with Gasteiger partial charge in [-0.25, -0.2) is 4.68 Å². The van der Waals surface area contributed by atoms with Crippen molar-refractivity contribution in [2.75, 3.05) is 13.1 Å². The number of carbonyl (C=O) groups excluding carboxylic acids is 2. The van der Waals surface area contributed by atoms with Gasteiger partial charge in [0, 0.05) is 16.3 Å². The summed E-state index contributed by atoms with van der Waals surface area (Å²) in [4.78, 5) is 27.0. The molecular weight excluding hydrogens is 442 g/mol. The second-order valence-corrected chi connectivity index (χ2v) is 8.31. The van der Waals surface area contributed by atoms with Crippen molar-refractivity contribution >= 4 is 23.4 Å². The van der Waals surface area contributed by atoms with Crippen LogP contribution >= 0.6 is 11.6 Å². The molecule has 0 unspecified atom stereocenters. The molecule has 9 heteroatoms. The lowest BCUT2D eigenvalue weighted by atomic mass is 10.1. The van der Waals surface area contributed by atoms with Crippen LogP contribution in [0.15, 0.2) is 34.7 Å². The number of rotatable bonds is 8. The molecule has 8 nitrogen and oxygen atoms in total. The van der Waals surface area contributed by atoms with Crippen LogP contribution in [0.3, 0.4) is 0 Å². The quantitative estimate of drug-likeness (QED) is 0.486. The lowest BCUT2D eigenvalue weighted by Gasteiger charge is -2.15. The Morgan fingerprint density at radius 1 is 1.09 bits per heavy atom. The van der Waals surface area contributed by atoms with Gasteiger partial charge >= 0.3 is 5.91 Å². The molecule has 1 aromatic carbocycles.